The smallest absolute Gasteiger partial charge is 0.226 e. The predicted octanol–water partition coefficient (Wildman–Crippen LogP) is 3.10. The van der Waals surface area contributed by atoms with E-state index in [4.69, 9.17) is 0 Å². The van der Waals surface area contributed by atoms with Crippen LogP contribution >= 0.6 is 0 Å². The number of rotatable bonds is 7. The summed E-state index contributed by atoms with van der Waals surface area (Å²) in [4.78, 5) is 12.5. The van der Waals surface area contributed by atoms with Crippen LogP contribution in [0, 0.1) is 11.3 Å². The summed E-state index contributed by atoms with van der Waals surface area (Å²) >= 11 is 0. The first kappa shape index (κ1) is 16.5. The summed E-state index contributed by atoms with van der Waals surface area (Å²) in [6.07, 6.45) is 7.16. The van der Waals surface area contributed by atoms with Crippen molar-refractivity contribution in [1.29, 1.82) is 0 Å². The molecule has 1 saturated heterocycles. The molecule has 1 fully saturated rings. The van der Waals surface area contributed by atoms with Gasteiger partial charge in [-0.2, -0.15) is 0 Å². The Hall–Kier alpha value is -0.570. The highest BCUT2D eigenvalue weighted by molar-refractivity contribution is 5.82. The predicted molar refractivity (Wildman–Crippen MR) is 81.1 cm³/mol. The van der Waals surface area contributed by atoms with Crippen molar-refractivity contribution < 1.29 is 4.79 Å². The molecule has 2 atom stereocenters. The third kappa shape index (κ3) is 5.13. The monoisotopic (exact) mass is 268 g/mol. The van der Waals surface area contributed by atoms with Gasteiger partial charge in [-0.05, 0) is 45.2 Å². The maximum Gasteiger partial charge on any atom is 0.226 e. The van der Waals surface area contributed by atoms with Crippen LogP contribution in [0.15, 0.2) is 0 Å². The molecule has 3 nitrogen and oxygen atoms in total. The second kappa shape index (κ2) is 7.88. The molecule has 2 unspecified atom stereocenters. The molecule has 0 saturated carbocycles. The first-order valence-electron chi connectivity index (χ1n) is 8.00. The van der Waals surface area contributed by atoms with Gasteiger partial charge in [0.25, 0.3) is 0 Å². The van der Waals surface area contributed by atoms with E-state index in [2.05, 4.69) is 38.3 Å². The molecule has 0 aliphatic carbocycles. The van der Waals surface area contributed by atoms with Gasteiger partial charge in [0.15, 0.2) is 0 Å². The lowest BCUT2D eigenvalue weighted by Crippen LogP contribution is -2.49. The van der Waals surface area contributed by atoms with Crippen LogP contribution in [0.1, 0.15) is 66.2 Å². The Bertz CT molecular complexity index is 270. The van der Waals surface area contributed by atoms with E-state index in [1.807, 2.05) is 0 Å². The van der Waals surface area contributed by atoms with Crippen molar-refractivity contribution >= 4 is 5.91 Å². The molecule has 0 aromatic carbocycles. The van der Waals surface area contributed by atoms with Crippen LogP contribution in [-0.4, -0.2) is 25.0 Å². The molecular formula is C16H32N2O. The molecule has 2 N–H and O–H groups in total. The summed E-state index contributed by atoms with van der Waals surface area (Å²) in [5.41, 5.74) is -0.258. The van der Waals surface area contributed by atoms with E-state index in [0.717, 1.165) is 25.9 Å². The minimum Gasteiger partial charge on any atom is -0.353 e. The number of carbonyl (C=O) groups is 1. The average molecular weight is 268 g/mol. The molecule has 0 aromatic rings. The van der Waals surface area contributed by atoms with Crippen LogP contribution in [-0.2, 0) is 4.79 Å². The van der Waals surface area contributed by atoms with E-state index in [1.54, 1.807) is 0 Å². The van der Waals surface area contributed by atoms with Gasteiger partial charge in [-0.1, -0.05) is 40.0 Å². The van der Waals surface area contributed by atoms with E-state index in [0.29, 0.717) is 12.0 Å². The highest BCUT2D eigenvalue weighted by Gasteiger charge is 2.37. The molecule has 19 heavy (non-hydrogen) atoms. The highest BCUT2D eigenvalue weighted by atomic mass is 16.2. The van der Waals surface area contributed by atoms with Crippen LogP contribution in [0.2, 0.25) is 0 Å². The zero-order chi connectivity index (χ0) is 14.3. The molecule has 1 aliphatic heterocycles. The quantitative estimate of drug-likeness (QED) is 0.697. The number of hydrogen-bond acceptors (Lipinski definition) is 2. The molecule has 0 aromatic heterocycles. The van der Waals surface area contributed by atoms with Crippen molar-refractivity contribution in [3.63, 3.8) is 0 Å². The minimum atomic E-state index is -0.258. The third-order valence-electron chi connectivity index (χ3n) is 4.52. The van der Waals surface area contributed by atoms with Gasteiger partial charge in [-0.3, -0.25) is 4.79 Å². The summed E-state index contributed by atoms with van der Waals surface area (Å²) < 4.78 is 0. The SMILES string of the molecule is CCCCCC(C)NC(=O)C(C)(C)C1CCCNC1. The van der Waals surface area contributed by atoms with Crippen LogP contribution in [0.4, 0.5) is 0 Å². The molecule has 3 heteroatoms. The van der Waals surface area contributed by atoms with E-state index in [9.17, 15) is 4.79 Å². The lowest BCUT2D eigenvalue weighted by Gasteiger charge is -2.36. The minimum absolute atomic E-state index is 0.227. The van der Waals surface area contributed by atoms with Gasteiger partial charge < -0.3 is 10.6 Å². The maximum atomic E-state index is 12.5. The van der Waals surface area contributed by atoms with E-state index < -0.39 is 0 Å². The van der Waals surface area contributed by atoms with E-state index in [1.165, 1.54) is 25.7 Å². The van der Waals surface area contributed by atoms with Crippen molar-refractivity contribution in [1.82, 2.24) is 10.6 Å². The zero-order valence-electron chi connectivity index (χ0n) is 13.2. The van der Waals surface area contributed by atoms with Crippen LogP contribution in [0.25, 0.3) is 0 Å². The Labute approximate surface area is 118 Å². The van der Waals surface area contributed by atoms with Crippen molar-refractivity contribution in [2.45, 2.75) is 72.3 Å². The number of nitrogens with one attached hydrogen (secondary N) is 2. The molecule has 1 heterocycles. The molecular weight excluding hydrogens is 236 g/mol. The van der Waals surface area contributed by atoms with Crippen LogP contribution in [0.5, 0.6) is 0 Å². The maximum absolute atomic E-state index is 12.5. The Morgan fingerprint density at radius 1 is 1.42 bits per heavy atom. The number of piperidine rings is 1. The van der Waals surface area contributed by atoms with Crippen molar-refractivity contribution in [2.24, 2.45) is 11.3 Å². The van der Waals surface area contributed by atoms with Crippen molar-refractivity contribution in [2.75, 3.05) is 13.1 Å². The van der Waals surface area contributed by atoms with Gasteiger partial charge in [0.2, 0.25) is 5.91 Å². The molecule has 0 spiro atoms. The van der Waals surface area contributed by atoms with Crippen molar-refractivity contribution in [3.05, 3.63) is 0 Å². The average Bonchev–Trinajstić information content (AvgIpc) is 2.40. The Morgan fingerprint density at radius 2 is 2.16 bits per heavy atom. The molecule has 1 amide bonds. The lowest BCUT2D eigenvalue weighted by atomic mass is 9.74. The Morgan fingerprint density at radius 3 is 2.74 bits per heavy atom. The Kier molecular flexibility index (Phi) is 6.84. The second-order valence-electron chi connectivity index (χ2n) is 6.64. The molecule has 0 radical (unpaired) electrons. The van der Waals surface area contributed by atoms with E-state index in [-0.39, 0.29) is 11.3 Å². The number of carbonyl (C=O) groups excluding carboxylic acids is 1. The first-order valence-corrected chi connectivity index (χ1v) is 8.00. The number of unbranched alkanes of at least 4 members (excludes halogenated alkanes) is 2. The fourth-order valence-corrected chi connectivity index (χ4v) is 2.84. The van der Waals surface area contributed by atoms with Gasteiger partial charge >= 0.3 is 0 Å². The fourth-order valence-electron chi connectivity index (χ4n) is 2.84. The first-order chi connectivity index (χ1) is 8.98. The fraction of sp³-hybridized carbons (Fsp3) is 0.938. The Balaban J connectivity index is 2.41. The van der Waals surface area contributed by atoms with Crippen LogP contribution in [0.3, 0.4) is 0 Å². The zero-order valence-corrected chi connectivity index (χ0v) is 13.2. The highest BCUT2D eigenvalue weighted by Crippen LogP contribution is 2.32. The molecule has 1 aliphatic rings. The van der Waals surface area contributed by atoms with Gasteiger partial charge in [-0.25, -0.2) is 0 Å². The third-order valence-corrected chi connectivity index (χ3v) is 4.52. The summed E-state index contributed by atoms with van der Waals surface area (Å²) in [6, 6.07) is 0.301. The van der Waals surface area contributed by atoms with Crippen LogP contribution < -0.4 is 10.6 Å². The van der Waals surface area contributed by atoms with Gasteiger partial charge in [0, 0.05) is 11.5 Å². The molecule has 1 rings (SSSR count). The largest absolute Gasteiger partial charge is 0.353 e. The lowest BCUT2D eigenvalue weighted by molar-refractivity contribution is -0.133. The van der Waals surface area contributed by atoms with Gasteiger partial charge in [0.05, 0.1) is 0 Å². The van der Waals surface area contributed by atoms with Gasteiger partial charge in [-0.15, -0.1) is 0 Å². The topological polar surface area (TPSA) is 41.1 Å². The standard InChI is InChI=1S/C16H32N2O/c1-5-6-7-9-13(2)18-15(19)16(3,4)14-10-8-11-17-12-14/h13-14,17H,5-12H2,1-4H3,(H,18,19). The number of amides is 1. The summed E-state index contributed by atoms with van der Waals surface area (Å²) in [5.74, 6) is 0.689. The van der Waals surface area contributed by atoms with E-state index >= 15 is 0 Å². The van der Waals surface area contributed by atoms with Gasteiger partial charge in [0.1, 0.15) is 0 Å². The van der Waals surface area contributed by atoms with Crippen molar-refractivity contribution in [3.8, 4) is 0 Å². The second-order valence-corrected chi connectivity index (χ2v) is 6.64. The molecule has 0 bridgehead atoms. The molecule has 112 valence electrons. The summed E-state index contributed by atoms with van der Waals surface area (Å²) in [6.45, 7) is 10.6. The summed E-state index contributed by atoms with van der Waals surface area (Å²) in [5, 5.41) is 6.62. The normalized spacial score (nSPS) is 22.0. The summed E-state index contributed by atoms with van der Waals surface area (Å²) in [7, 11) is 0. The number of hydrogen-bond donors (Lipinski definition) is 2.